The number of halogens is 2. The van der Waals surface area contributed by atoms with Crippen LogP contribution in [0.25, 0.3) is 0 Å². The van der Waals surface area contributed by atoms with Crippen LogP contribution in [0.3, 0.4) is 0 Å². The molecule has 0 bridgehead atoms. The number of amides is 1. The molecule has 1 amide bonds. The van der Waals surface area contributed by atoms with Crippen molar-refractivity contribution < 1.29 is 9.18 Å². The summed E-state index contributed by atoms with van der Waals surface area (Å²) in [5, 5.41) is 2.34. The summed E-state index contributed by atoms with van der Waals surface area (Å²) >= 11 is 0. The van der Waals surface area contributed by atoms with Gasteiger partial charge >= 0.3 is 0 Å². The number of nitrogens with one attached hydrogen (secondary N) is 1. The predicted octanol–water partition coefficient (Wildman–Crippen LogP) is -0.407. The first-order valence-electron chi connectivity index (χ1n) is 2.87. The van der Waals surface area contributed by atoms with Gasteiger partial charge < -0.3 is 11.1 Å². The molecule has 0 aromatic carbocycles. The Kier molecular flexibility index (Phi) is 3.60. The average Bonchev–Trinajstić information content (AvgIpc) is 1.80. The third-order valence-electron chi connectivity index (χ3n) is 1.34. The monoisotopic (exact) mass is 168 g/mol. The first-order valence-corrected chi connectivity index (χ1v) is 2.87. The molecular weight excluding hydrogens is 159 g/mol. The normalized spacial score (nSPS) is 32.4. The van der Waals surface area contributed by atoms with Crippen LogP contribution in [0, 0.1) is 0 Å². The second-order valence-electron chi connectivity index (χ2n) is 2.18. The van der Waals surface area contributed by atoms with E-state index in [4.69, 9.17) is 5.73 Å². The van der Waals surface area contributed by atoms with Crippen molar-refractivity contribution in [2.75, 3.05) is 6.54 Å². The van der Waals surface area contributed by atoms with Crippen LogP contribution in [0.15, 0.2) is 0 Å². The van der Waals surface area contributed by atoms with E-state index in [1.165, 1.54) is 0 Å². The number of carbonyl (C=O) groups is 1. The average molecular weight is 169 g/mol. The van der Waals surface area contributed by atoms with Crippen LogP contribution >= 0.6 is 12.4 Å². The second kappa shape index (κ2) is 3.73. The van der Waals surface area contributed by atoms with Gasteiger partial charge in [-0.2, -0.15) is 0 Å². The van der Waals surface area contributed by atoms with Crippen LogP contribution in [0.5, 0.6) is 0 Å². The third-order valence-corrected chi connectivity index (χ3v) is 1.34. The summed E-state index contributed by atoms with van der Waals surface area (Å²) in [7, 11) is 0. The first kappa shape index (κ1) is 9.65. The Bertz CT molecular complexity index is 133. The van der Waals surface area contributed by atoms with E-state index in [0.717, 1.165) is 0 Å². The molecule has 2 atom stereocenters. The molecule has 0 radical (unpaired) electrons. The molecule has 1 aliphatic rings. The zero-order valence-electron chi connectivity index (χ0n) is 5.34. The van der Waals surface area contributed by atoms with E-state index in [9.17, 15) is 9.18 Å². The van der Waals surface area contributed by atoms with E-state index in [0.29, 0.717) is 0 Å². The van der Waals surface area contributed by atoms with Crippen LogP contribution in [-0.4, -0.2) is 24.7 Å². The van der Waals surface area contributed by atoms with Gasteiger partial charge in [0.15, 0.2) is 0 Å². The second-order valence-corrected chi connectivity index (χ2v) is 2.18. The quantitative estimate of drug-likeness (QED) is 0.517. The van der Waals surface area contributed by atoms with E-state index in [-0.39, 0.29) is 31.3 Å². The van der Waals surface area contributed by atoms with Gasteiger partial charge in [0, 0.05) is 13.0 Å². The fourth-order valence-corrected chi connectivity index (χ4v) is 0.808. The molecule has 0 aromatic rings. The fourth-order valence-electron chi connectivity index (χ4n) is 0.808. The highest BCUT2D eigenvalue weighted by molar-refractivity contribution is 5.85. The van der Waals surface area contributed by atoms with Gasteiger partial charge in [-0.15, -0.1) is 12.4 Å². The van der Waals surface area contributed by atoms with Crippen molar-refractivity contribution in [2.24, 2.45) is 5.73 Å². The van der Waals surface area contributed by atoms with E-state index >= 15 is 0 Å². The van der Waals surface area contributed by atoms with E-state index in [1.54, 1.807) is 0 Å². The molecule has 1 fully saturated rings. The highest BCUT2D eigenvalue weighted by Gasteiger charge is 2.24. The Labute approximate surface area is 64.6 Å². The summed E-state index contributed by atoms with van der Waals surface area (Å²) < 4.78 is 12.3. The number of nitrogens with two attached hydrogens (primary N) is 1. The zero-order valence-corrected chi connectivity index (χ0v) is 6.16. The highest BCUT2D eigenvalue weighted by atomic mass is 35.5. The molecule has 0 aliphatic carbocycles. The maximum atomic E-state index is 12.3. The maximum Gasteiger partial charge on any atom is 0.237 e. The van der Waals surface area contributed by atoms with Crippen LogP contribution in [-0.2, 0) is 4.79 Å². The van der Waals surface area contributed by atoms with Gasteiger partial charge in [0.25, 0.3) is 0 Å². The van der Waals surface area contributed by atoms with Crippen molar-refractivity contribution in [3.63, 3.8) is 0 Å². The molecule has 5 heteroatoms. The Hall–Kier alpha value is -0.350. The van der Waals surface area contributed by atoms with Crippen LogP contribution < -0.4 is 11.1 Å². The Morgan fingerprint density at radius 3 is 2.70 bits per heavy atom. The van der Waals surface area contributed by atoms with Crippen molar-refractivity contribution in [1.82, 2.24) is 5.32 Å². The summed E-state index contributed by atoms with van der Waals surface area (Å²) in [4.78, 5) is 10.5. The molecule has 3 N–H and O–H groups in total. The first-order chi connectivity index (χ1) is 4.20. The molecule has 0 spiro atoms. The molecule has 1 heterocycles. The largest absolute Gasteiger partial charge is 0.352 e. The molecule has 1 rings (SSSR count). The van der Waals surface area contributed by atoms with Crippen LogP contribution in [0.2, 0.25) is 0 Å². The standard InChI is InChI=1S/C5H9FN2O.ClH/c6-3-1-4(7)5(9)8-2-3;/h3-4H,1-2,7H2,(H,8,9);1H/t3-,4+;/m1./s1. The van der Waals surface area contributed by atoms with Gasteiger partial charge in [0.1, 0.15) is 6.17 Å². The summed E-state index contributed by atoms with van der Waals surface area (Å²) in [6.07, 6.45) is -0.802. The van der Waals surface area contributed by atoms with Crippen molar-refractivity contribution in [1.29, 1.82) is 0 Å². The Morgan fingerprint density at radius 2 is 2.30 bits per heavy atom. The van der Waals surface area contributed by atoms with Crippen molar-refractivity contribution in [3.05, 3.63) is 0 Å². The van der Waals surface area contributed by atoms with E-state index in [2.05, 4.69) is 5.32 Å². The minimum atomic E-state index is -0.960. The van der Waals surface area contributed by atoms with Crippen LogP contribution in [0.1, 0.15) is 6.42 Å². The Balaban J connectivity index is 0.000000810. The van der Waals surface area contributed by atoms with Gasteiger partial charge in [-0.1, -0.05) is 0 Å². The lowest BCUT2D eigenvalue weighted by molar-refractivity contribution is -0.124. The van der Waals surface area contributed by atoms with Crippen molar-refractivity contribution >= 4 is 18.3 Å². The smallest absolute Gasteiger partial charge is 0.237 e. The summed E-state index contributed by atoms with van der Waals surface area (Å²) in [6.45, 7) is 0.118. The molecule has 1 aliphatic heterocycles. The molecule has 10 heavy (non-hydrogen) atoms. The molecule has 1 saturated heterocycles. The molecule has 0 saturated carbocycles. The molecule has 0 unspecified atom stereocenters. The van der Waals surface area contributed by atoms with Crippen molar-refractivity contribution in [2.45, 2.75) is 18.6 Å². The number of carbonyl (C=O) groups excluding carboxylic acids is 1. The van der Waals surface area contributed by atoms with E-state index in [1.807, 2.05) is 0 Å². The molecule has 60 valence electrons. The number of rotatable bonds is 0. The fraction of sp³-hybridized carbons (Fsp3) is 0.800. The van der Waals surface area contributed by atoms with Gasteiger partial charge in [-0.3, -0.25) is 4.79 Å². The summed E-state index contributed by atoms with van der Waals surface area (Å²) in [5.41, 5.74) is 5.22. The summed E-state index contributed by atoms with van der Waals surface area (Å²) in [6, 6.07) is -0.645. The van der Waals surface area contributed by atoms with Crippen LogP contribution in [0.4, 0.5) is 4.39 Å². The third kappa shape index (κ3) is 2.11. The van der Waals surface area contributed by atoms with Crippen molar-refractivity contribution in [3.8, 4) is 0 Å². The van der Waals surface area contributed by atoms with Gasteiger partial charge in [-0.25, -0.2) is 4.39 Å². The molecule has 3 nitrogen and oxygen atoms in total. The van der Waals surface area contributed by atoms with Gasteiger partial charge in [0.05, 0.1) is 6.04 Å². The Morgan fingerprint density at radius 1 is 1.70 bits per heavy atom. The number of hydrogen-bond donors (Lipinski definition) is 2. The SMILES string of the molecule is Cl.N[C@H]1C[C@@H](F)CNC1=O. The molecule has 0 aromatic heterocycles. The minimum Gasteiger partial charge on any atom is -0.352 e. The lowest BCUT2D eigenvalue weighted by atomic mass is 10.1. The number of alkyl halides is 1. The summed E-state index contributed by atoms with van der Waals surface area (Å²) in [5.74, 6) is -0.246. The van der Waals surface area contributed by atoms with E-state index < -0.39 is 12.2 Å². The topological polar surface area (TPSA) is 55.1 Å². The minimum absolute atomic E-state index is 0. The number of piperidine rings is 1. The lowest BCUT2D eigenvalue weighted by Gasteiger charge is -2.20. The zero-order chi connectivity index (χ0) is 6.85. The maximum absolute atomic E-state index is 12.3. The van der Waals surface area contributed by atoms with Gasteiger partial charge in [0.2, 0.25) is 5.91 Å². The highest BCUT2D eigenvalue weighted by Crippen LogP contribution is 2.04. The molecular formula is C5H10ClFN2O. The predicted molar refractivity (Wildman–Crippen MR) is 37.7 cm³/mol. The number of hydrogen-bond acceptors (Lipinski definition) is 2. The van der Waals surface area contributed by atoms with Gasteiger partial charge in [-0.05, 0) is 0 Å². The lowest BCUT2D eigenvalue weighted by Crippen LogP contribution is -2.49.